The Balaban J connectivity index is 1.96. The molecule has 1 heterocycles. The fourth-order valence-corrected chi connectivity index (χ4v) is 1.83. The van der Waals surface area contributed by atoms with E-state index in [4.69, 9.17) is 12.2 Å². The molecule has 2 N–H and O–H groups in total. The van der Waals surface area contributed by atoms with Crippen LogP contribution < -0.4 is 10.6 Å². The standard InChI is InChI=1S/C13H16N4S/c1-3-17-8-7-12(16-17)15-13(18)14-11-6-4-5-10(2)9-11/h4-9H,3H2,1-2H3,(H2,14,15,16,18). The number of nitrogens with zero attached hydrogens (tertiary/aromatic N) is 2. The van der Waals surface area contributed by atoms with E-state index in [-0.39, 0.29) is 0 Å². The molecule has 1 aromatic carbocycles. The molecule has 18 heavy (non-hydrogen) atoms. The monoisotopic (exact) mass is 260 g/mol. The minimum atomic E-state index is 0.543. The Hall–Kier alpha value is -1.88. The smallest absolute Gasteiger partial charge is 0.176 e. The number of aryl methyl sites for hydroxylation is 2. The lowest BCUT2D eigenvalue weighted by molar-refractivity contribution is 0.662. The van der Waals surface area contributed by atoms with Crippen LogP contribution in [0.3, 0.4) is 0 Å². The summed E-state index contributed by atoms with van der Waals surface area (Å²) >= 11 is 5.24. The Morgan fingerprint density at radius 3 is 2.83 bits per heavy atom. The fraction of sp³-hybridized carbons (Fsp3) is 0.231. The molecule has 0 amide bonds. The van der Waals surface area contributed by atoms with Gasteiger partial charge in [-0.25, -0.2) is 0 Å². The summed E-state index contributed by atoms with van der Waals surface area (Å²) in [6.45, 7) is 4.93. The molecule has 0 atom stereocenters. The van der Waals surface area contributed by atoms with Gasteiger partial charge in [-0.2, -0.15) is 5.10 Å². The third-order valence-electron chi connectivity index (χ3n) is 2.48. The Kier molecular flexibility index (Phi) is 3.94. The van der Waals surface area contributed by atoms with Crippen molar-refractivity contribution in [2.45, 2.75) is 20.4 Å². The van der Waals surface area contributed by atoms with Crippen LogP contribution in [0.4, 0.5) is 11.5 Å². The number of nitrogens with one attached hydrogen (secondary N) is 2. The molecular weight excluding hydrogens is 244 g/mol. The maximum Gasteiger partial charge on any atom is 0.176 e. The van der Waals surface area contributed by atoms with E-state index < -0.39 is 0 Å². The zero-order valence-corrected chi connectivity index (χ0v) is 11.3. The van der Waals surface area contributed by atoms with Gasteiger partial charge in [0.1, 0.15) is 0 Å². The van der Waals surface area contributed by atoms with Crippen LogP contribution in [-0.4, -0.2) is 14.9 Å². The lowest BCUT2D eigenvalue weighted by Gasteiger charge is -2.08. The van der Waals surface area contributed by atoms with Gasteiger partial charge in [0, 0.05) is 24.5 Å². The summed E-state index contributed by atoms with van der Waals surface area (Å²) in [5, 5.41) is 11.0. The summed E-state index contributed by atoms with van der Waals surface area (Å²) in [6, 6.07) is 9.95. The largest absolute Gasteiger partial charge is 0.332 e. The summed E-state index contributed by atoms with van der Waals surface area (Å²) in [5.74, 6) is 0.752. The molecular formula is C13H16N4S. The minimum absolute atomic E-state index is 0.543. The summed E-state index contributed by atoms with van der Waals surface area (Å²) in [6.07, 6.45) is 1.91. The number of anilines is 2. The Labute approximate surface area is 112 Å². The molecule has 0 bridgehead atoms. The van der Waals surface area contributed by atoms with E-state index in [9.17, 15) is 0 Å². The Morgan fingerprint density at radius 1 is 1.33 bits per heavy atom. The van der Waals surface area contributed by atoms with Gasteiger partial charge in [0.15, 0.2) is 10.9 Å². The number of rotatable bonds is 3. The van der Waals surface area contributed by atoms with E-state index in [1.165, 1.54) is 5.56 Å². The molecule has 2 aromatic rings. The van der Waals surface area contributed by atoms with Crippen molar-refractivity contribution in [2.24, 2.45) is 0 Å². The molecule has 2 rings (SSSR count). The van der Waals surface area contributed by atoms with Crippen molar-refractivity contribution in [3.63, 3.8) is 0 Å². The second kappa shape index (κ2) is 5.64. The SMILES string of the molecule is CCn1ccc(NC(=S)Nc2cccc(C)c2)n1. The number of thiocarbonyl (C=S) groups is 1. The molecule has 4 nitrogen and oxygen atoms in total. The molecule has 0 spiro atoms. The van der Waals surface area contributed by atoms with Crippen LogP contribution in [0.1, 0.15) is 12.5 Å². The third kappa shape index (κ3) is 3.30. The second-order valence-corrected chi connectivity index (χ2v) is 4.41. The molecule has 0 unspecified atom stereocenters. The topological polar surface area (TPSA) is 41.9 Å². The van der Waals surface area contributed by atoms with Crippen LogP contribution in [0.15, 0.2) is 36.5 Å². The van der Waals surface area contributed by atoms with Gasteiger partial charge in [-0.05, 0) is 43.8 Å². The highest BCUT2D eigenvalue weighted by molar-refractivity contribution is 7.80. The van der Waals surface area contributed by atoms with Crippen molar-refractivity contribution in [3.05, 3.63) is 42.1 Å². The van der Waals surface area contributed by atoms with E-state index in [0.717, 1.165) is 18.1 Å². The second-order valence-electron chi connectivity index (χ2n) is 4.01. The van der Waals surface area contributed by atoms with Crippen LogP contribution in [0.2, 0.25) is 0 Å². The van der Waals surface area contributed by atoms with Crippen molar-refractivity contribution in [1.82, 2.24) is 9.78 Å². The molecule has 0 aliphatic carbocycles. The van der Waals surface area contributed by atoms with Crippen molar-refractivity contribution in [3.8, 4) is 0 Å². The van der Waals surface area contributed by atoms with Crippen LogP contribution in [0.5, 0.6) is 0 Å². The fourth-order valence-electron chi connectivity index (χ4n) is 1.61. The maximum atomic E-state index is 5.24. The zero-order chi connectivity index (χ0) is 13.0. The van der Waals surface area contributed by atoms with Gasteiger partial charge in [-0.3, -0.25) is 4.68 Å². The van der Waals surface area contributed by atoms with E-state index in [2.05, 4.69) is 15.7 Å². The lowest BCUT2D eigenvalue weighted by Crippen LogP contribution is -2.19. The highest BCUT2D eigenvalue weighted by atomic mass is 32.1. The van der Waals surface area contributed by atoms with Crippen molar-refractivity contribution in [1.29, 1.82) is 0 Å². The number of hydrogen-bond acceptors (Lipinski definition) is 2. The molecule has 0 saturated heterocycles. The molecule has 1 aromatic heterocycles. The number of hydrogen-bond donors (Lipinski definition) is 2. The predicted molar refractivity (Wildman–Crippen MR) is 78.9 cm³/mol. The van der Waals surface area contributed by atoms with E-state index in [1.807, 2.05) is 55.1 Å². The molecule has 0 aliphatic heterocycles. The summed E-state index contributed by atoms with van der Waals surface area (Å²) in [4.78, 5) is 0. The van der Waals surface area contributed by atoms with Gasteiger partial charge in [0.2, 0.25) is 0 Å². The highest BCUT2D eigenvalue weighted by Gasteiger charge is 2.01. The van der Waals surface area contributed by atoms with Crippen LogP contribution in [-0.2, 0) is 6.54 Å². The van der Waals surface area contributed by atoms with Gasteiger partial charge < -0.3 is 10.6 Å². The number of aromatic nitrogens is 2. The average molecular weight is 260 g/mol. The Bertz CT molecular complexity index is 547. The van der Waals surface area contributed by atoms with Gasteiger partial charge >= 0.3 is 0 Å². The van der Waals surface area contributed by atoms with Crippen LogP contribution >= 0.6 is 12.2 Å². The van der Waals surface area contributed by atoms with Gasteiger partial charge in [-0.15, -0.1) is 0 Å². The summed E-state index contributed by atoms with van der Waals surface area (Å²) in [5.41, 5.74) is 2.17. The van der Waals surface area contributed by atoms with Gasteiger partial charge in [-0.1, -0.05) is 12.1 Å². The number of benzene rings is 1. The molecule has 0 aliphatic rings. The van der Waals surface area contributed by atoms with Crippen molar-refractivity contribution >= 4 is 28.8 Å². The molecule has 5 heteroatoms. The van der Waals surface area contributed by atoms with E-state index >= 15 is 0 Å². The Morgan fingerprint density at radius 2 is 2.17 bits per heavy atom. The predicted octanol–water partition coefficient (Wildman–Crippen LogP) is 3.02. The van der Waals surface area contributed by atoms with Gasteiger partial charge in [0.25, 0.3) is 0 Å². The normalized spacial score (nSPS) is 10.1. The highest BCUT2D eigenvalue weighted by Crippen LogP contribution is 2.10. The van der Waals surface area contributed by atoms with Gasteiger partial charge in [0.05, 0.1) is 0 Å². The van der Waals surface area contributed by atoms with Crippen LogP contribution in [0.25, 0.3) is 0 Å². The molecule has 0 radical (unpaired) electrons. The molecule has 0 fully saturated rings. The molecule has 94 valence electrons. The van der Waals surface area contributed by atoms with E-state index in [1.54, 1.807) is 0 Å². The maximum absolute atomic E-state index is 5.24. The first kappa shape index (κ1) is 12.6. The zero-order valence-electron chi connectivity index (χ0n) is 10.5. The van der Waals surface area contributed by atoms with E-state index in [0.29, 0.717) is 5.11 Å². The minimum Gasteiger partial charge on any atom is -0.332 e. The quantitative estimate of drug-likeness (QED) is 0.832. The average Bonchev–Trinajstić information content (AvgIpc) is 2.76. The van der Waals surface area contributed by atoms with Crippen molar-refractivity contribution < 1.29 is 0 Å². The molecule has 0 saturated carbocycles. The first-order valence-corrected chi connectivity index (χ1v) is 6.26. The summed E-state index contributed by atoms with van der Waals surface area (Å²) < 4.78 is 1.84. The first-order chi connectivity index (χ1) is 8.67. The third-order valence-corrected chi connectivity index (χ3v) is 2.69. The van der Waals surface area contributed by atoms with Crippen LogP contribution in [0, 0.1) is 6.92 Å². The van der Waals surface area contributed by atoms with Crippen molar-refractivity contribution in [2.75, 3.05) is 10.6 Å². The summed E-state index contributed by atoms with van der Waals surface area (Å²) in [7, 11) is 0. The lowest BCUT2D eigenvalue weighted by atomic mass is 10.2. The first-order valence-electron chi connectivity index (χ1n) is 5.85.